The summed E-state index contributed by atoms with van der Waals surface area (Å²) in [5.41, 5.74) is 1.43. The Morgan fingerprint density at radius 3 is 2.67 bits per heavy atom. The zero-order valence-electron chi connectivity index (χ0n) is 11.0. The average Bonchev–Trinajstić information content (AvgIpc) is 2.39. The maximum atomic E-state index is 12.0. The van der Waals surface area contributed by atoms with Gasteiger partial charge in [0.2, 0.25) is 12.3 Å². The van der Waals surface area contributed by atoms with Gasteiger partial charge in [-0.25, -0.2) is 0 Å². The minimum atomic E-state index is -0.835. The molecule has 2 N–H and O–H groups in total. The maximum Gasteiger partial charge on any atom is 0.245 e. The van der Waals surface area contributed by atoms with Crippen LogP contribution in [0.25, 0.3) is 0 Å². The number of rotatable bonds is 4. The molecular weight excluding hydrogens is 228 g/mol. The van der Waals surface area contributed by atoms with E-state index in [1.54, 1.807) is 13.1 Å². The lowest BCUT2D eigenvalue weighted by Gasteiger charge is -2.37. The predicted octanol–water partition coefficient (Wildman–Crippen LogP) is 1.46. The Balaban J connectivity index is 3.10. The van der Waals surface area contributed by atoms with Gasteiger partial charge in [0, 0.05) is 13.5 Å². The molecule has 0 spiro atoms. The molecule has 0 aromatic carbocycles. The van der Waals surface area contributed by atoms with Crippen LogP contribution in [0, 0.1) is 0 Å². The summed E-state index contributed by atoms with van der Waals surface area (Å²) in [7, 11) is 1.58. The second kappa shape index (κ2) is 6.19. The van der Waals surface area contributed by atoms with Crippen LogP contribution in [0.5, 0.6) is 0 Å². The number of nitrogens with one attached hydrogen (secondary N) is 2. The summed E-state index contributed by atoms with van der Waals surface area (Å²) in [5.74, 6) is -0.153. The molecule has 1 fully saturated rings. The Morgan fingerprint density at radius 1 is 1.44 bits per heavy atom. The number of carbonyl (C=O) groups excluding carboxylic acids is 2. The summed E-state index contributed by atoms with van der Waals surface area (Å²) in [6.07, 6.45) is 8.13. The van der Waals surface area contributed by atoms with E-state index >= 15 is 0 Å². The van der Waals surface area contributed by atoms with E-state index in [1.165, 1.54) is 5.57 Å². The molecule has 0 heterocycles. The molecule has 1 unspecified atom stereocenters. The Hall–Kier alpha value is -1.84. The van der Waals surface area contributed by atoms with Crippen LogP contribution in [0.2, 0.25) is 0 Å². The van der Waals surface area contributed by atoms with E-state index < -0.39 is 5.54 Å². The van der Waals surface area contributed by atoms with Crippen molar-refractivity contribution in [2.45, 2.75) is 31.7 Å². The molecule has 0 aromatic heterocycles. The van der Waals surface area contributed by atoms with Gasteiger partial charge in [0.15, 0.2) is 0 Å². The Kier molecular flexibility index (Phi) is 4.89. The van der Waals surface area contributed by atoms with Crippen LogP contribution in [0.15, 0.2) is 36.0 Å². The summed E-state index contributed by atoms with van der Waals surface area (Å²) < 4.78 is 0. The Labute approximate surface area is 108 Å². The maximum absolute atomic E-state index is 12.0. The number of likely N-dealkylation sites (N-methyl/N-ethyl adjacent to an activating group) is 1. The summed E-state index contributed by atoms with van der Waals surface area (Å²) >= 11 is 0. The van der Waals surface area contributed by atoms with Gasteiger partial charge in [-0.05, 0) is 30.9 Å². The van der Waals surface area contributed by atoms with Crippen molar-refractivity contribution in [3.05, 3.63) is 36.0 Å². The van der Waals surface area contributed by atoms with Crippen LogP contribution >= 0.6 is 0 Å². The highest BCUT2D eigenvalue weighted by Crippen LogP contribution is 2.36. The summed E-state index contributed by atoms with van der Waals surface area (Å²) in [6.45, 7) is 5.67. The molecule has 2 amide bonds. The monoisotopic (exact) mass is 248 g/mol. The first-order chi connectivity index (χ1) is 8.63. The average molecular weight is 248 g/mol. The fourth-order valence-electron chi connectivity index (χ4n) is 2.41. The molecule has 0 aliphatic heterocycles. The van der Waals surface area contributed by atoms with Crippen molar-refractivity contribution in [2.24, 2.45) is 0 Å². The second-order valence-electron chi connectivity index (χ2n) is 4.34. The first-order valence-electron chi connectivity index (χ1n) is 6.04. The topological polar surface area (TPSA) is 58.2 Å². The number of hydrogen-bond acceptors (Lipinski definition) is 2. The molecule has 98 valence electrons. The molecule has 1 aliphatic carbocycles. The van der Waals surface area contributed by atoms with E-state index in [-0.39, 0.29) is 5.91 Å². The Morgan fingerprint density at radius 2 is 2.17 bits per heavy atom. The normalized spacial score (nSPS) is 27.9. The smallest absolute Gasteiger partial charge is 0.245 e. The number of carbonyl (C=O) groups is 2. The minimum Gasteiger partial charge on any atom is -0.357 e. The van der Waals surface area contributed by atoms with E-state index in [9.17, 15) is 9.59 Å². The van der Waals surface area contributed by atoms with Crippen LogP contribution in [-0.2, 0) is 9.59 Å². The lowest BCUT2D eigenvalue weighted by atomic mass is 9.75. The Bertz CT molecular complexity index is 410. The van der Waals surface area contributed by atoms with Crippen LogP contribution in [0.1, 0.15) is 26.2 Å². The predicted molar refractivity (Wildman–Crippen MR) is 71.9 cm³/mol. The molecule has 1 saturated carbocycles. The molecule has 0 radical (unpaired) electrons. The van der Waals surface area contributed by atoms with Crippen molar-refractivity contribution < 1.29 is 9.59 Å². The quantitative estimate of drug-likeness (QED) is 0.740. The largest absolute Gasteiger partial charge is 0.357 e. The SMILES string of the molecule is C=C/C=C1/CC(NC=O)(C(=O)NC)CC/C1=C/C. The summed E-state index contributed by atoms with van der Waals surface area (Å²) in [6, 6.07) is 0. The third kappa shape index (κ3) is 2.70. The van der Waals surface area contributed by atoms with Crippen molar-refractivity contribution >= 4 is 12.3 Å². The van der Waals surface area contributed by atoms with E-state index in [1.807, 2.05) is 19.1 Å². The standard InChI is InChI=1S/C14H20N2O2/c1-4-6-12-9-14(16-10-17,13(18)15-3)8-7-11(12)5-2/h4-6,10H,1,7-9H2,2-3H3,(H,15,18)(H,16,17)/b11-5-,12-6-. The zero-order chi connectivity index (χ0) is 13.6. The zero-order valence-corrected chi connectivity index (χ0v) is 11.0. The van der Waals surface area contributed by atoms with Crippen molar-refractivity contribution in [3.63, 3.8) is 0 Å². The molecule has 4 heteroatoms. The lowest BCUT2D eigenvalue weighted by molar-refractivity contribution is -0.130. The lowest BCUT2D eigenvalue weighted by Crippen LogP contribution is -2.57. The van der Waals surface area contributed by atoms with Gasteiger partial charge in [-0.15, -0.1) is 0 Å². The van der Waals surface area contributed by atoms with Gasteiger partial charge < -0.3 is 10.6 Å². The highest BCUT2D eigenvalue weighted by atomic mass is 16.2. The van der Waals surface area contributed by atoms with Gasteiger partial charge in [0.05, 0.1) is 0 Å². The molecule has 1 atom stereocenters. The van der Waals surface area contributed by atoms with Gasteiger partial charge in [0.1, 0.15) is 5.54 Å². The molecule has 0 saturated heterocycles. The minimum absolute atomic E-state index is 0.153. The van der Waals surface area contributed by atoms with E-state index in [0.717, 1.165) is 12.0 Å². The van der Waals surface area contributed by atoms with Crippen LogP contribution in [0.3, 0.4) is 0 Å². The molecule has 1 aliphatic rings. The van der Waals surface area contributed by atoms with Crippen molar-refractivity contribution in [1.82, 2.24) is 10.6 Å². The number of hydrogen-bond donors (Lipinski definition) is 2. The first-order valence-corrected chi connectivity index (χ1v) is 6.04. The van der Waals surface area contributed by atoms with E-state index in [0.29, 0.717) is 19.3 Å². The second-order valence-corrected chi connectivity index (χ2v) is 4.34. The van der Waals surface area contributed by atoms with Crippen LogP contribution in [0.4, 0.5) is 0 Å². The molecule has 1 rings (SSSR count). The molecule has 0 bridgehead atoms. The molecular formula is C14H20N2O2. The number of amides is 2. The summed E-state index contributed by atoms with van der Waals surface area (Å²) in [4.78, 5) is 22.8. The molecule has 0 aromatic rings. The molecule has 4 nitrogen and oxygen atoms in total. The fraction of sp³-hybridized carbons (Fsp3) is 0.429. The van der Waals surface area contributed by atoms with Crippen LogP contribution < -0.4 is 10.6 Å². The van der Waals surface area contributed by atoms with E-state index in [2.05, 4.69) is 17.2 Å². The van der Waals surface area contributed by atoms with Crippen molar-refractivity contribution in [2.75, 3.05) is 7.05 Å². The molecule has 18 heavy (non-hydrogen) atoms. The highest BCUT2D eigenvalue weighted by molar-refractivity contribution is 5.89. The van der Waals surface area contributed by atoms with Gasteiger partial charge in [-0.3, -0.25) is 9.59 Å². The third-order valence-electron chi connectivity index (χ3n) is 3.39. The van der Waals surface area contributed by atoms with Gasteiger partial charge in [-0.1, -0.05) is 24.8 Å². The van der Waals surface area contributed by atoms with Gasteiger partial charge in [0.25, 0.3) is 0 Å². The highest BCUT2D eigenvalue weighted by Gasteiger charge is 2.41. The van der Waals surface area contributed by atoms with Crippen LogP contribution in [-0.4, -0.2) is 24.9 Å². The fourth-order valence-corrected chi connectivity index (χ4v) is 2.41. The van der Waals surface area contributed by atoms with Gasteiger partial charge in [-0.2, -0.15) is 0 Å². The van der Waals surface area contributed by atoms with Crippen molar-refractivity contribution in [3.8, 4) is 0 Å². The van der Waals surface area contributed by atoms with Gasteiger partial charge >= 0.3 is 0 Å². The van der Waals surface area contributed by atoms with Crippen molar-refractivity contribution in [1.29, 1.82) is 0 Å². The first kappa shape index (κ1) is 14.2. The number of allylic oxidation sites excluding steroid dienone is 4. The van der Waals surface area contributed by atoms with E-state index in [4.69, 9.17) is 0 Å². The summed E-state index contributed by atoms with van der Waals surface area (Å²) in [5, 5.41) is 5.31. The third-order valence-corrected chi connectivity index (χ3v) is 3.39.